The minimum Gasteiger partial charge on any atom is -0.318 e. The molecule has 8 heteroatoms. The van der Waals surface area contributed by atoms with Gasteiger partial charge in [-0.15, -0.1) is 0 Å². The number of nitrogens with zero attached hydrogens (tertiary/aromatic N) is 1. The number of hydrogen-bond donors (Lipinski definition) is 2. The van der Waals surface area contributed by atoms with Crippen molar-refractivity contribution in [1.82, 2.24) is 10.0 Å². The lowest BCUT2D eigenvalue weighted by Crippen LogP contribution is -2.30. The number of nitro benzene ring substituents is 1. The lowest BCUT2D eigenvalue weighted by atomic mass is 10.3. The normalized spacial score (nSPS) is 11.4. The van der Waals surface area contributed by atoms with Gasteiger partial charge in [0, 0.05) is 25.2 Å². The Morgan fingerprint density at radius 1 is 1.35 bits per heavy atom. The van der Waals surface area contributed by atoms with Crippen LogP contribution in [0, 0.1) is 10.1 Å². The number of likely N-dealkylation sites (N-methyl/N-ethyl adjacent to an activating group) is 1. The molecule has 0 aliphatic rings. The van der Waals surface area contributed by atoms with E-state index in [1.54, 1.807) is 7.05 Å². The number of nitrogens with one attached hydrogen (secondary N) is 2. The molecule has 0 aliphatic heterocycles. The fourth-order valence-electron chi connectivity index (χ4n) is 1.16. The summed E-state index contributed by atoms with van der Waals surface area (Å²) in [6.07, 6.45) is 0. The van der Waals surface area contributed by atoms with E-state index in [9.17, 15) is 18.5 Å². The molecule has 0 amide bonds. The average Bonchev–Trinajstić information content (AvgIpc) is 2.29. The first-order valence-electron chi connectivity index (χ1n) is 4.86. The fraction of sp³-hybridized carbons (Fsp3) is 0.333. The van der Waals surface area contributed by atoms with E-state index in [-0.39, 0.29) is 17.1 Å². The quantitative estimate of drug-likeness (QED) is 0.428. The summed E-state index contributed by atoms with van der Waals surface area (Å²) in [5.74, 6) is 0. The highest BCUT2D eigenvalue weighted by Gasteiger charge is 2.16. The number of rotatable bonds is 6. The van der Waals surface area contributed by atoms with Crippen LogP contribution in [0.1, 0.15) is 0 Å². The van der Waals surface area contributed by atoms with Crippen LogP contribution in [-0.4, -0.2) is 33.5 Å². The zero-order valence-corrected chi connectivity index (χ0v) is 10.0. The van der Waals surface area contributed by atoms with Gasteiger partial charge < -0.3 is 5.32 Å². The number of hydrogen-bond acceptors (Lipinski definition) is 5. The molecule has 0 fully saturated rings. The van der Waals surface area contributed by atoms with Crippen molar-refractivity contribution in [3.05, 3.63) is 34.4 Å². The summed E-state index contributed by atoms with van der Waals surface area (Å²) in [5, 5.41) is 13.3. The Balaban J connectivity index is 2.91. The van der Waals surface area contributed by atoms with E-state index in [0.717, 1.165) is 6.07 Å². The third-order valence-corrected chi connectivity index (χ3v) is 3.46. The molecule has 0 spiro atoms. The molecule has 1 aromatic rings. The zero-order valence-electron chi connectivity index (χ0n) is 9.21. The van der Waals surface area contributed by atoms with Gasteiger partial charge in [0.25, 0.3) is 5.69 Å². The Morgan fingerprint density at radius 3 is 2.65 bits per heavy atom. The Hall–Kier alpha value is -1.51. The first-order valence-corrected chi connectivity index (χ1v) is 6.34. The van der Waals surface area contributed by atoms with Crippen LogP contribution in [0.15, 0.2) is 29.2 Å². The van der Waals surface area contributed by atoms with Crippen molar-refractivity contribution in [2.24, 2.45) is 0 Å². The van der Waals surface area contributed by atoms with Crippen molar-refractivity contribution in [3.8, 4) is 0 Å². The first-order chi connectivity index (χ1) is 7.97. The van der Waals surface area contributed by atoms with Gasteiger partial charge in [0.2, 0.25) is 10.0 Å². The van der Waals surface area contributed by atoms with E-state index in [1.165, 1.54) is 18.2 Å². The van der Waals surface area contributed by atoms with Gasteiger partial charge in [-0.3, -0.25) is 10.1 Å². The van der Waals surface area contributed by atoms with E-state index in [1.807, 2.05) is 0 Å². The smallest absolute Gasteiger partial charge is 0.270 e. The topological polar surface area (TPSA) is 101 Å². The van der Waals surface area contributed by atoms with Gasteiger partial charge in [0.1, 0.15) is 0 Å². The predicted molar refractivity (Wildman–Crippen MR) is 62.2 cm³/mol. The van der Waals surface area contributed by atoms with Gasteiger partial charge in [0.05, 0.1) is 9.82 Å². The second-order valence-electron chi connectivity index (χ2n) is 3.26. The van der Waals surface area contributed by atoms with Crippen LogP contribution in [0.2, 0.25) is 0 Å². The number of nitro groups is 1. The Morgan fingerprint density at radius 2 is 2.06 bits per heavy atom. The van der Waals surface area contributed by atoms with E-state index in [4.69, 9.17) is 0 Å². The number of benzene rings is 1. The second kappa shape index (κ2) is 5.71. The van der Waals surface area contributed by atoms with Crippen LogP contribution in [0.5, 0.6) is 0 Å². The molecule has 0 saturated heterocycles. The van der Waals surface area contributed by atoms with E-state index >= 15 is 0 Å². The summed E-state index contributed by atoms with van der Waals surface area (Å²) in [4.78, 5) is 9.78. The molecule has 2 N–H and O–H groups in total. The summed E-state index contributed by atoms with van der Waals surface area (Å²) in [6.45, 7) is 0.704. The molecule has 0 atom stereocenters. The van der Waals surface area contributed by atoms with Crippen molar-refractivity contribution >= 4 is 15.7 Å². The minimum absolute atomic E-state index is 0.109. The molecular formula is C9H13N3O4S. The molecule has 0 heterocycles. The van der Waals surface area contributed by atoms with Crippen LogP contribution in [-0.2, 0) is 10.0 Å². The number of sulfonamides is 1. The second-order valence-corrected chi connectivity index (χ2v) is 5.02. The Bertz CT molecular complexity index is 501. The highest BCUT2D eigenvalue weighted by Crippen LogP contribution is 2.16. The highest BCUT2D eigenvalue weighted by molar-refractivity contribution is 7.89. The summed E-state index contributed by atoms with van der Waals surface area (Å²) in [6, 6.07) is 4.92. The molecule has 1 aromatic carbocycles. The van der Waals surface area contributed by atoms with Crippen molar-refractivity contribution < 1.29 is 13.3 Å². The van der Waals surface area contributed by atoms with E-state index in [2.05, 4.69) is 10.0 Å². The van der Waals surface area contributed by atoms with Crippen LogP contribution < -0.4 is 10.0 Å². The molecule has 1 rings (SSSR count). The molecule has 0 radical (unpaired) electrons. The maximum atomic E-state index is 11.7. The molecule has 0 unspecified atom stereocenters. The van der Waals surface area contributed by atoms with Crippen molar-refractivity contribution in [1.29, 1.82) is 0 Å². The van der Waals surface area contributed by atoms with Crippen LogP contribution >= 0.6 is 0 Å². The highest BCUT2D eigenvalue weighted by atomic mass is 32.2. The predicted octanol–water partition coefficient (Wildman–Crippen LogP) is 0.0925. The van der Waals surface area contributed by atoms with Gasteiger partial charge in [-0.25, -0.2) is 13.1 Å². The lowest BCUT2D eigenvalue weighted by Gasteiger charge is -2.05. The van der Waals surface area contributed by atoms with E-state index < -0.39 is 14.9 Å². The zero-order chi connectivity index (χ0) is 12.9. The van der Waals surface area contributed by atoms with Crippen LogP contribution in [0.3, 0.4) is 0 Å². The van der Waals surface area contributed by atoms with Gasteiger partial charge in [-0.2, -0.15) is 0 Å². The van der Waals surface area contributed by atoms with Gasteiger partial charge in [0.15, 0.2) is 0 Å². The number of non-ortho nitro benzene ring substituents is 1. The Kier molecular flexibility index (Phi) is 4.55. The molecule has 0 aliphatic carbocycles. The maximum absolute atomic E-state index is 11.7. The van der Waals surface area contributed by atoms with Gasteiger partial charge >= 0.3 is 0 Å². The molecule has 0 saturated carbocycles. The monoisotopic (exact) mass is 259 g/mol. The SMILES string of the molecule is CNCCNS(=O)(=O)c1cccc([N+](=O)[O-])c1. The van der Waals surface area contributed by atoms with Crippen LogP contribution in [0.4, 0.5) is 5.69 Å². The molecule has 94 valence electrons. The first kappa shape index (κ1) is 13.6. The molecule has 17 heavy (non-hydrogen) atoms. The van der Waals surface area contributed by atoms with E-state index in [0.29, 0.717) is 6.54 Å². The minimum atomic E-state index is -3.68. The Labute approximate surface area is 99.0 Å². The van der Waals surface area contributed by atoms with Crippen molar-refractivity contribution in [3.63, 3.8) is 0 Å². The van der Waals surface area contributed by atoms with Crippen molar-refractivity contribution in [2.75, 3.05) is 20.1 Å². The largest absolute Gasteiger partial charge is 0.318 e. The summed E-state index contributed by atoms with van der Waals surface area (Å²) < 4.78 is 25.8. The summed E-state index contributed by atoms with van der Waals surface area (Å²) in [7, 11) is -1.99. The average molecular weight is 259 g/mol. The van der Waals surface area contributed by atoms with Crippen molar-refractivity contribution in [2.45, 2.75) is 4.90 Å². The van der Waals surface area contributed by atoms with Gasteiger partial charge in [-0.1, -0.05) is 6.07 Å². The molecule has 0 aromatic heterocycles. The molecule has 0 bridgehead atoms. The standard InChI is InChI=1S/C9H13N3O4S/c1-10-5-6-11-17(15,16)9-4-2-3-8(7-9)12(13)14/h2-4,7,10-11H,5-6H2,1H3. The molecular weight excluding hydrogens is 246 g/mol. The summed E-state index contributed by atoms with van der Waals surface area (Å²) >= 11 is 0. The van der Waals surface area contributed by atoms with Gasteiger partial charge in [-0.05, 0) is 13.1 Å². The van der Waals surface area contributed by atoms with Crippen LogP contribution in [0.25, 0.3) is 0 Å². The maximum Gasteiger partial charge on any atom is 0.270 e. The third-order valence-electron chi connectivity index (χ3n) is 2.01. The molecule has 7 nitrogen and oxygen atoms in total. The fourth-order valence-corrected chi connectivity index (χ4v) is 2.23. The third kappa shape index (κ3) is 3.77. The summed E-state index contributed by atoms with van der Waals surface area (Å²) in [5.41, 5.74) is -0.249. The lowest BCUT2D eigenvalue weighted by molar-refractivity contribution is -0.385.